The van der Waals surface area contributed by atoms with Crippen LogP contribution >= 0.6 is 15.9 Å². The predicted molar refractivity (Wildman–Crippen MR) is 81.6 cm³/mol. The van der Waals surface area contributed by atoms with Gasteiger partial charge in [0, 0.05) is 16.6 Å². The Hall–Kier alpha value is -1.98. The van der Waals surface area contributed by atoms with Gasteiger partial charge in [0.15, 0.2) is 0 Å². The maximum absolute atomic E-state index is 5.92. The molecule has 0 bridgehead atoms. The van der Waals surface area contributed by atoms with Gasteiger partial charge in [0.25, 0.3) is 0 Å². The molecule has 20 heavy (non-hydrogen) atoms. The third-order valence-corrected chi connectivity index (χ3v) is 3.45. The van der Waals surface area contributed by atoms with Gasteiger partial charge in [-0.1, -0.05) is 28.1 Å². The van der Waals surface area contributed by atoms with Crippen molar-refractivity contribution in [2.24, 2.45) is 5.73 Å². The van der Waals surface area contributed by atoms with Crippen molar-refractivity contribution in [3.05, 3.63) is 58.8 Å². The van der Waals surface area contributed by atoms with E-state index >= 15 is 0 Å². The Labute approximate surface area is 124 Å². The lowest BCUT2D eigenvalue weighted by Crippen LogP contribution is -2.00. The number of fused-ring (bicyclic) bond motifs is 1. The molecule has 100 valence electrons. The van der Waals surface area contributed by atoms with Crippen molar-refractivity contribution in [3.63, 3.8) is 0 Å². The number of hydrogen-bond donors (Lipinski definition) is 1. The zero-order valence-electron chi connectivity index (χ0n) is 10.6. The summed E-state index contributed by atoms with van der Waals surface area (Å²) in [4.78, 5) is 8.43. The van der Waals surface area contributed by atoms with E-state index in [2.05, 4.69) is 25.9 Å². The lowest BCUT2D eigenvalue weighted by molar-refractivity contribution is 0.462. The first-order chi connectivity index (χ1) is 9.78. The molecule has 1 heterocycles. The number of aromatic nitrogens is 2. The van der Waals surface area contributed by atoms with Gasteiger partial charge in [-0.05, 0) is 30.3 Å². The molecule has 2 aromatic carbocycles. The highest BCUT2D eigenvalue weighted by Crippen LogP contribution is 2.30. The molecule has 0 radical (unpaired) electrons. The number of hydrogen-bond acceptors (Lipinski definition) is 4. The Morgan fingerprint density at radius 3 is 2.80 bits per heavy atom. The van der Waals surface area contributed by atoms with Crippen LogP contribution < -0.4 is 10.5 Å². The third-order valence-electron chi connectivity index (χ3n) is 2.96. The SMILES string of the molecule is NCc1cc(Br)ccc1Oc1ncnc2ccccc12. The van der Waals surface area contributed by atoms with Gasteiger partial charge < -0.3 is 10.5 Å². The zero-order chi connectivity index (χ0) is 13.9. The van der Waals surface area contributed by atoms with Gasteiger partial charge in [-0.25, -0.2) is 9.97 Å². The van der Waals surface area contributed by atoms with Gasteiger partial charge in [0.05, 0.1) is 10.9 Å². The molecule has 4 nitrogen and oxygen atoms in total. The molecule has 0 aliphatic carbocycles. The molecule has 0 saturated heterocycles. The van der Waals surface area contributed by atoms with Gasteiger partial charge in [-0.3, -0.25) is 0 Å². The van der Waals surface area contributed by atoms with Crippen LogP contribution in [-0.4, -0.2) is 9.97 Å². The van der Waals surface area contributed by atoms with Gasteiger partial charge in [0.2, 0.25) is 5.88 Å². The number of ether oxygens (including phenoxy) is 1. The molecule has 0 unspecified atom stereocenters. The second kappa shape index (κ2) is 5.56. The maximum Gasteiger partial charge on any atom is 0.230 e. The van der Waals surface area contributed by atoms with E-state index in [-0.39, 0.29) is 0 Å². The first-order valence-electron chi connectivity index (χ1n) is 6.14. The molecule has 5 heteroatoms. The summed E-state index contributed by atoms with van der Waals surface area (Å²) < 4.78 is 6.89. The van der Waals surface area contributed by atoms with Gasteiger partial charge >= 0.3 is 0 Å². The lowest BCUT2D eigenvalue weighted by Gasteiger charge is -2.11. The number of halogens is 1. The number of para-hydroxylation sites is 1. The molecule has 2 N–H and O–H groups in total. The first-order valence-corrected chi connectivity index (χ1v) is 6.93. The van der Waals surface area contributed by atoms with Crippen LogP contribution in [0.2, 0.25) is 0 Å². The quantitative estimate of drug-likeness (QED) is 0.796. The summed E-state index contributed by atoms with van der Waals surface area (Å²) in [5, 5.41) is 0.876. The van der Waals surface area contributed by atoms with Crippen LogP contribution in [-0.2, 0) is 6.54 Å². The Bertz CT molecular complexity index is 756. The fourth-order valence-electron chi connectivity index (χ4n) is 1.97. The third kappa shape index (κ3) is 2.50. The second-order valence-electron chi connectivity index (χ2n) is 4.25. The molecular formula is C15H12BrN3O. The molecule has 0 aliphatic heterocycles. The van der Waals surface area contributed by atoms with Crippen LogP contribution in [0.3, 0.4) is 0 Å². The average molecular weight is 330 g/mol. The van der Waals surface area contributed by atoms with Crippen LogP contribution in [0, 0.1) is 0 Å². The van der Waals surface area contributed by atoms with Gasteiger partial charge in [-0.2, -0.15) is 0 Å². The minimum Gasteiger partial charge on any atom is -0.438 e. The minimum absolute atomic E-state index is 0.401. The molecule has 0 fully saturated rings. The number of nitrogens with two attached hydrogens (primary N) is 1. The molecular weight excluding hydrogens is 318 g/mol. The standard InChI is InChI=1S/C15H12BrN3O/c16-11-5-6-14(10(7-11)8-17)20-15-12-3-1-2-4-13(12)18-9-19-15/h1-7,9H,8,17H2. The van der Waals surface area contributed by atoms with E-state index in [0.29, 0.717) is 18.2 Å². The van der Waals surface area contributed by atoms with E-state index in [4.69, 9.17) is 10.5 Å². The van der Waals surface area contributed by atoms with E-state index in [1.165, 1.54) is 6.33 Å². The number of nitrogens with zero attached hydrogens (tertiary/aromatic N) is 2. The van der Waals surface area contributed by atoms with Crippen LogP contribution in [0.15, 0.2) is 53.3 Å². The normalized spacial score (nSPS) is 10.7. The largest absolute Gasteiger partial charge is 0.438 e. The predicted octanol–water partition coefficient (Wildman–Crippen LogP) is 3.64. The Balaban J connectivity index is 2.05. The molecule has 0 amide bonds. The summed E-state index contributed by atoms with van der Waals surface area (Å²) in [6.45, 7) is 0.401. The summed E-state index contributed by atoms with van der Waals surface area (Å²) in [6, 6.07) is 13.5. The van der Waals surface area contributed by atoms with E-state index in [1.807, 2.05) is 42.5 Å². The Kier molecular flexibility index (Phi) is 3.62. The average Bonchev–Trinajstić information content (AvgIpc) is 2.49. The highest BCUT2D eigenvalue weighted by molar-refractivity contribution is 9.10. The van der Waals surface area contributed by atoms with Crippen molar-refractivity contribution >= 4 is 26.8 Å². The van der Waals surface area contributed by atoms with Gasteiger partial charge in [0.1, 0.15) is 12.1 Å². The fourth-order valence-corrected chi connectivity index (χ4v) is 2.38. The highest BCUT2D eigenvalue weighted by atomic mass is 79.9. The first kappa shape index (κ1) is 13.0. The van der Waals surface area contributed by atoms with Crippen molar-refractivity contribution in [1.82, 2.24) is 9.97 Å². The second-order valence-corrected chi connectivity index (χ2v) is 5.17. The fraction of sp³-hybridized carbons (Fsp3) is 0.0667. The molecule has 3 rings (SSSR count). The van der Waals surface area contributed by atoms with E-state index in [9.17, 15) is 0 Å². The maximum atomic E-state index is 5.92. The Morgan fingerprint density at radius 2 is 1.95 bits per heavy atom. The van der Waals surface area contributed by atoms with Crippen LogP contribution in [0.25, 0.3) is 10.9 Å². The molecule has 0 aliphatic rings. The summed E-state index contributed by atoms with van der Waals surface area (Å²) in [5.74, 6) is 1.24. The van der Waals surface area contributed by atoms with Crippen LogP contribution in [0.1, 0.15) is 5.56 Å². The molecule has 0 atom stereocenters. The highest BCUT2D eigenvalue weighted by Gasteiger charge is 2.09. The monoisotopic (exact) mass is 329 g/mol. The van der Waals surface area contributed by atoms with Crippen LogP contribution in [0.5, 0.6) is 11.6 Å². The van der Waals surface area contributed by atoms with E-state index in [1.54, 1.807) is 0 Å². The smallest absolute Gasteiger partial charge is 0.230 e. The summed E-state index contributed by atoms with van der Waals surface area (Å²) in [7, 11) is 0. The topological polar surface area (TPSA) is 61.0 Å². The lowest BCUT2D eigenvalue weighted by atomic mass is 10.2. The number of rotatable bonds is 3. The Morgan fingerprint density at radius 1 is 1.10 bits per heavy atom. The zero-order valence-corrected chi connectivity index (χ0v) is 12.2. The van der Waals surface area contributed by atoms with E-state index in [0.717, 1.165) is 20.9 Å². The van der Waals surface area contributed by atoms with Crippen molar-refractivity contribution in [3.8, 4) is 11.6 Å². The molecule has 3 aromatic rings. The molecule has 0 spiro atoms. The molecule has 1 aromatic heterocycles. The van der Waals surface area contributed by atoms with Crippen molar-refractivity contribution < 1.29 is 4.74 Å². The van der Waals surface area contributed by atoms with Crippen molar-refractivity contribution in [2.45, 2.75) is 6.54 Å². The van der Waals surface area contributed by atoms with Crippen molar-refractivity contribution in [2.75, 3.05) is 0 Å². The van der Waals surface area contributed by atoms with Crippen LogP contribution in [0.4, 0.5) is 0 Å². The minimum atomic E-state index is 0.401. The summed E-state index contributed by atoms with van der Waals surface area (Å²) in [6.07, 6.45) is 1.50. The summed E-state index contributed by atoms with van der Waals surface area (Å²) in [5.41, 5.74) is 7.52. The molecule has 0 saturated carbocycles. The summed E-state index contributed by atoms with van der Waals surface area (Å²) >= 11 is 3.43. The van der Waals surface area contributed by atoms with Crippen molar-refractivity contribution in [1.29, 1.82) is 0 Å². The van der Waals surface area contributed by atoms with E-state index < -0.39 is 0 Å². The van der Waals surface area contributed by atoms with Gasteiger partial charge in [-0.15, -0.1) is 0 Å². The number of benzene rings is 2.